The second-order valence-corrected chi connectivity index (χ2v) is 9.19. The van der Waals surface area contributed by atoms with Crippen molar-refractivity contribution in [2.45, 2.75) is 20.4 Å². The van der Waals surface area contributed by atoms with E-state index in [-0.39, 0.29) is 0 Å². The van der Waals surface area contributed by atoms with E-state index in [2.05, 4.69) is 37.1 Å². The van der Waals surface area contributed by atoms with Crippen LogP contribution in [0.1, 0.15) is 29.4 Å². The highest BCUT2D eigenvalue weighted by molar-refractivity contribution is 6.11. The summed E-state index contributed by atoms with van der Waals surface area (Å²) >= 11 is 0. The molecule has 4 heterocycles. The maximum absolute atomic E-state index is 13.8. The summed E-state index contributed by atoms with van der Waals surface area (Å²) in [5.74, 6) is -1.83. The first-order chi connectivity index (χ1) is 16.4. The Kier molecular flexibility index (Phi) is 6.00. The number of likely N-dealkylation sites (tertiary alicyclic amines) is 1. The normalized spacial score (nSPS) is 17.4. The molecule has 0 saturated carbocycles. The maximum atomic E-state index is 13.8. The smallest absolute Gasteiger partial charge is 0.159 e. The van der Waals surface area contributed by atoms with Crippen LogP contribution in [-0.2, 0) is 11.4 Å². The zero-order valence-corrected chi connectivity index (χ0v) is 19.3. The van der Waals surface area contributed by atoms with E-state index in [9.17, 15) is 8.78 Å². The molecule has 0 atom stereocenters. The molecule has 2 saturated heterocycles. The fraction of sp³-hybridized carbons (Fsp3) is 0.346. The third kappa shape index (κ3) is 4.50. The van der Waals surface area contributed by atoms with Crippen LogP contribution in [-0.4, -0.2) is 53.4 Å². The Bertz CT molecular complexity index is 1200. The second kappa shape index (κ2) is 9.10. The van der Waals surface area contributed by atoms with E-state index in [1.807, 2.05) is 38.4 Å². The van der Waals surface area contributed by atoms with Gasteiger partial charge in [-0.1, -0.05) is 11.2 Å². The molecule has 0 radical (unpaired) electrons. The summed E-state index contributed by atoms with van der Waals surface area (Å²) in [5.41, 5.74) is 5.11. The van der Waals surface area contributed by atoms with E-state index >= 15 is 0 Å². The van der Waals surface area contributed by atoms with Crippen LogP contribution in [0.4, 0.5) is 14.5 Å². The number of aromatic nitrogens is 2. The Balaban J connectivity index is 1.20. The van der Waals surface area contributed by atoms with Crippen molar-refractivity contribution in [1.82, 2.24) is 14.9 Å². The molecule has 2 aromatic heterocycles. The van der Waals surface area contributed by atoms with Gasteiger partial charge >= 0.3 is 0 Å². The molecule has 2 aliphatic heterocycles. The average molecular weight is 464 g/mol. The summed E-state index contributed by atoms with van der Waals surface area (Å²) in [6, 6.07) is 11.7. The van der Waals surface area contributed by atoms with Crippen molar-refractivity contribution >= 4 is 11.4 Å². The molecule has 0 N–H and O–H groups in total. The minimum absolute atomic E-state index is 0.361. The van der Waals surface area contributed by atoms with Crippen molar-refractivity contribution in [1.29, 1.82) is 0 Å². The number of pyridine rings is 2. The summed E-state index contributed by atoms with van der Waals surface area (Å²) in [7, 11) is 0. The van der Waals surface area contributed by atoms with Gasteiger partial charge in [-0.2, -0.15) is 0 Å². The number of anilines is 1. The highest BCUT2D eigenvalue weighted by Gasteiger charge is 2.51. The first kappa shape index (κ1) is 22.4. The van der Waals surface area contributed by atoms with Crippen LogP contribution in [0.25, 0.3) is 0 Å². The average Bonchev–Trinajstić information content (AvgIpc) is 2.78. The van der Waals surface area contributed by atoms with Gasteiger partial charge in [-0.05, 0) is 55.8 Å². The van der Waals surface area contributed by atoms with E-state index < -0.39 is 11.6 Å². The van der Waals surface area contributed by atoms with Crippen molar-refractivity contribution in [3.63, 3.8) is 0 Å². The number of oxime groups is 1. The summed E-state index contributed by atoms with van der Waals surface area (Å²) in [6.45, 7) is 9.32. The van der Waals surface area contributed by atoms with Crippen molar-refractivity contribution in [2.75, 3.05) is 37.7 Å². The fourth-order valence-electron chi connectivity index (χ4n) is 4.82. The van der Waals surface area contributed by atoms with E-state index in [4.69, 9.17) is 4.84 Å². The van der Waals surface area contributed by atoms with Gasteiger partial charge in [0, 0.05) is 67.5 Å². The molecule has 176 valence electrons. The number of rotatable bonds is 7. The monoisotopic (exact) mass is 463 g/mol. The van der Waals surface area contributed by atoms with E-state index in [1.165, 1.54) is 11.8 Å². The third-order valence-corrected chi connectivity index (χ3v) is 6.37. The van der Waals surface area contributed by atoms with Gasteiger partial charge in [-0.3, -0.25) is 14.9 Å². The van der Waals surface area contributed by atoms with Crippen LogP contribution in [0.15, 0.2) is 60.0 Å². The molecule has 8 heteroatoms. The molecule has 2 fully saturated rings. The summed E-state index contributed by atoms with van der Waals surface area (Å²) < 4.78 is 27.1. The molecule has 6 nitrogen and oxygen atoms in total. The molecule has 1 spiro atoms. The Morgan fingerprint density at radius 2 is 1.85 bits per heavy atom. The molecule has 34 heavy (non-hydrogen) atoms. The third-order valence-electron chi connectivity index (χ3n) is 6.37. The van der Waals surface area contributed by atoms with E-state index in [1.54, 1.807) is 0 Å². The minimum atomic E-state index is -0.932. The maximum Gasteiger partial charge on any atom is 0.159 e. The van der Waals surface area contributed by atoms with Gasteiger partial charge in [-0.15, -0.1) is 0 Å². The molecular formula is C26H27F2N5O. The number of hydrogen-bond donors (Lipinski definition) is 0. The number of nitrogens with zero attached hydrogens (tertiary/aromatic N) is 5. The molecule has 0 amide bonds. The molecule has 0 unspecified atom stereocenters. The van der Waals surface area contributed by atoms with Crippen molar-refractivity contribution in [3.8, 4) is 0 Å². The number of hydrogen-bond acceptors (Lipinski definition) is 6. The lowest BCUT2D eigenvalue weighted by molar-refractivity contribution is -0.0273. The lowest BCUT2D eigenvalue weighted by Crippen LogP contribution is -2.71. The molecule has 3 aromatic rings. The zero-order valence-electron chi connectivity index (χ0n) is 19.3. The summed E-state index contributed by atoms with van der Waals surface area (Å²) in [5, 5.41) is 4.09. The van der Waals surface area contributed by atoms with Crippen molar-refractivity contribution in [3.05, 3.63) is 89.0 Å². The fourth-order valence-corrected chi connectivity index (χ4v) is 4.82. The van der Waals surface area contributed by atoms with Crippen LogP contribution in [0, 0.1) is 24.0 Å². The standard InChI is InChI=1S/C26H27F2N5O/c1-3-34-31-25(20-5-6-22(27)23(28)11-20)24-7-4-19(12-30-24)13-32-14-26(15-32)16-33(17-26)21-8-9-29-18(2)10-21/h4-12H,3,13-17H2,1-2H3. The first-order valence-corrected chi connectivity index (χ1v) is 11.5. The summed E-state index contributed by atoms with van der Waals surface area (Å²) in [6.07, 6.45) is 3.69. The molecule has 1 aromatic carbocycles. The van der Waals surface area contributed by atoms with E-state index in [0.29, 0.717) is 29.0 Å². The highest BCUT2D eigenvalue weighted by atomic mass is 19.2. The quantitative estimate of drug-likeness (QED) is 0.389. The molecule has 0 bridgehead atoms. The Labute approximate surface area is 197 Å². The minimum Gasteiger partial charge on any atom is -0.396 e. The van der Waals surface area contributed by atoms with Gasteiger partial charge in [0.1, 0.15) is 12.3 Å². The Hall–Kier alpha value is -3.39. The summed E-state index contributed by atoms with van der Waals surface area (Å²) in [4.78, 5) is 18.9. The zero-order chi connectivity index (χ0) is 23.7. The Morgan fingerprint density at radius 1 is 1.03 bits per heavy atom. The van der Waals surface area contributed by atoms with Crippen LogP contribution < -0.4 is 4.90 Å². The Morgan fingerprint density at radius 3 is 2.53 bits per heavy atom. The van der Waals surface area contributed by atoms with Gasteiger partial charge in [0.2, 0.25) is 0 Å². The SMILES string of the molecule is CCON=C(c1ccc(F)c(F)c1)c1ccc(CN2CC3(C2)CN(c2ccnc(C)c2)C3)cn1. The topological polar surface area (TPSA) is 53.9 Å². The van der Waals surface area contributed by atoms with Crippen molar-refractivity contribution in [2.24, 2.45) is 10.6 Å². The highest BCUT2D eigenvalue weighted by Crippen LogP contribution is 2.42. The van der Waals surface area contributed by atoms with Crippen LogP contribution in [0.3, 0.4) is 0 Å². The van der Waals surface area contributed by atoms with Gasteiger partial charge in [0.15, 0.2) is 11.6 Å². The van der Waals surface area contributed by atoms with Crippen LogP contribution >= 0.6 is 0 Å². The first-order valence-electron chi connectivity index (χ1n) is 11.5. The van der Waals surface area contributed by atoms with Crippen LogP contribution in [0.5, 0.6) is 0 Å². The number of halogens is 2. The molecular weight excluding hydrogens is 436 g/mol. The van der Waals surface area contributed by atoms with Gasteiger partial charge in [0.05, 0.1) is 5.69 Å². The van der Waals surface area contributed by atoms with Crippen LogP contribution in [0.2, 0.25) is 0 Å². The van der Waals surface area contributed by atoms with Gasteiger partial charge < -0.3 is 9.74 Å². The predicted molar refractivity (Wildman–Crippen MR) is 127 cm³/mol. The predicted octanol–water partition coefficient (Wildman–Crippen LogP) is 4.17. The van der Waals surface area contributed by atoms with Gasteiger partial charge in [-0.25, -0.2) is 8.78 Å². The lowest BCUT2D eigenvalue weighted by atomic mass is 9.72. The molecule has 5 rings (SSSR count). The number of aryl methyl sites for hydroxylation is 1. The molecule has 0 aliphatic carbocycles. The van der Waals surface area contributed by atoms with Crippen molar-refractivity contribution < 1.29 is 13.6 Å². The van der Waals surface area contributed by atoms with E-state index in [0.717, 1.165) is 56.1 Å². The lowest BCUT2D eigenvalue weighted by Gasteiger charge is -2.61. The number of benzene rings is 1. The molecule has 2 aliphatic rings. The largest absolute Gasteiger partial charge is 0.396 e. The van der Waals surface area contributed by atoms with Gasteiger partial charge in [0.25, 0.3) is 0 Å². The second-order valence-electron chi connectivity index (χ2n) is 9.19.